The van der Waals surface area contributed by atoms with Crippen LogP contribution in [-0.2, 0) is 10.0 Å². The van der Waals surface area contributed by atoms with E-state index >= 15 is 0 Å². The van der Waals surface area contributed by atoms with Gasteiger partial charge < -0.3 is 9.88 Å². The summed E-state index contributed by atoms with van der Waals surface area (Å²) in [4.78, 5) is 10.1. The minimum Gasteiger partial charge on any atom is -0.373 e. The molecule has 0 amide bonds. The van der Waals surface area contributed by atoms with Gasteiger partial charge in [0.25, 0.3) is 0 Å². The molecule has 0 aliphatic carbocycles. The van der Waals surface area contributed by atoms with Crippen LogP contribution < -0.4 is 4.72 Å². The number of hydrogen-bond acceptors (Lipinski definition) is 4. The second-order valence-corrected chi connectivity index (χ2v) is 11.5. The molecule has 0 saturated carbocycles. The van der Waals surface area contributed by atoms with Crippen molar-refractivity contribution in [2.45, 2.75) is 31.2 Å². The minimum atomic E-state index is -3.50. The normalized spacial score (nSPS) is 14.3. The zero-order valence-corrected chi connectivity index (χ0v) is 22.7. The second kappa shape index (κ2) is 11.4. The number of benzene rings is 2. The molecule has 1 aliphatic heterocycles. The Labute approximate surface area is 229 Å². The number of aromatic amines is 1. The first kappa shape index (κ1) is 26.6. The van der Waals surface area contributed by atoms with Gasteiger partial charge >= 0.3 is 0 Å². The Morgan fingerprint density at radius 3 is 2.36 bits per heavy atom. The molecule has 3 heterocycles. The maximum Gasteiger partial charge on any atom is 0.240 e. The minimum absolute atomic E-state index is 0.159. The van der Waals surface area contributed by atoms with E-state index in [1.807, 2.05) is 42.7 Å². The molecule has 0 saturated heterocycles. The largest absolute Gasteiger partial charge is 0.373 e. The van der Waals surface area contributed by atoms with E-state index in [-0.39, 0.29) is 16.8 Å². The molecule has 0 spiro atoms. The lowest BCUT2D eigenvalue weighted by atomic mass is 9.92. The molecule has 0 bridgehead atoms. The number of pyridine rings is 1. The smallest absolute Gasteiger partial charge is 0.240 e. The highest BCUT2D eigenvalue weighted by atomic mass is 32.2. The first-order chi connectivity index (χ1) is 18.8. The predicted molar refractivity (Wildman–Crippen MR) is 155 cm³/mol. The number of halogens is 1. The zero-order valence-electron chi connectivity index (χ0n) is 21.9. The molecule has 0 radical (unpaired) electrons. The van der Waals surface area contributed by atoms with Gasteiger partial charge in [0.05, 0.1) is 10.6 Å². The van der Waals surface area contributed by atoms with Crippen molar-refractivity contribution in [3.63, 3.8) is 0 Å². The molecule has 0 fully saturated rings. The molecule has 0 atom stereocenters. The molecular formula is C31H31FN4O2S. The van der Waals surface area contributed by atoms with E-state index in [1.54, 1.807) is 50.5 Å². The van der Waals surface area contributed by atoms with Crippen molar-refractivity contribution >= 4 is 21.7 Å². The number of aromatic nitrogens is 2. The average Bonchev–Trinajstić information content (AvgIpc) is 3.38. The maximum atomic E-state index is 13.6. The van der Waals surface area contributed by atoms with Crippen LogP contribution >= 0.6 is 0 Å². The van der Waals surface area contributed by atoms with E-state index in [1.165, 1.54) is 17.7 Å². The predicted octanol–water partition coefficient (Wildman–Crippen LogP) is 6.33. The average molecular weight is 543 g/mol. The van der Waals surface area contributed by atoms with E-state index < -0.39 is 10.0 Å². The van der Waals surface area contributed by atoms with E-state index in [4.69, 9.17) is 0 Å². The van der Waals surface area contributed by atoms with Crippen LogP contribution in [0.1, 0.15) is 31.4 Å². The maximum absolute atomic E-state index is 13.6. The van der Waals surface area contributed by atoms with Crippen molar-refractivity contribution in [2.75, 3.05) is 13.1 Å². The molecule has 6 nitrogen and oxygen atoms in total. The van der Waals surface area contributed by atoms with Crippen LogP contribution in [0.5, 0.6) is 0 Å². The fourth-order valence-corrected chi connectivity index (χ4v) is 5.98. The quantitative estimate of drug-likeness (QED) is 0.273. The first-order valence-corrected chi connectivity index (χ1v) is 14.4. The molecule has 1 aliphatic rings. The standard InChI is InChI=1S/C31H31FN4O2S/c1-22(2)35-39(37,38)28-9-3-23(4-10-28)13-18-36-19-14-24(15-20-36)29-21-34-31(26-5-7-27(32)8-6-26)30(29)25-11-16-33-17-12-25/h3-14,16-18,21-22,34-35H,15,19-20H2,1-2H3. The number of H-pyrrole nitrogens is 1. The van der Waals surface area contributed by atoms with Crippen molar-refractivity contribution in [3.05, 3.63) is 108 Å². The zero-order chi connectivity index (χ0) is 27.4. The Kier molecular flexibility index (Phi) is 7.77. The monoisotopic (exact) mass is 542 g/mol. The van der Waals surface area contributed by atoms with Crippen LogP contribution in [0.3, 0.4) is 0 Å². The molecule has 2 aromatic heterocycles. The van der Waals surface area contributed by atoms with Gasteiger partial charge in [-0.15, -0.1) is 0 Å². The van der Waals surface area contributed by atoms with Gasteiger partial charge in [-0.05, 0) is 103 Å². The van der Waals surface area contributed by atoms with Crippen LogP contribution in [0, 0.1) is 5.82 Å². The number of nitrogens with one attached hydrogen (secondary N) is 2. The Morgan fingerprint density at radius 1 is 1.00 bits per heavy atom. The Hall–Kier alpha value is -4.01. The highest BCUT2D eigenvalue weighted by molar-refractivity contribution is 7.89. The van der Waals surface area contributed by atoms with Crippen molar-refractivity contribution in [1.29, 1.82) is 0 Å². The topological polar surface area (TPSA) is 78.1 Å². The second-order valence-electron chi connectivity index (χ2n) is 9.83. The number of sulfonamides is 1. The van der Waals surface area contributed by atoms with Crippen LogP contribution in [0.2, 0.25) is 0 Å². The Morgan fingerprint density at radius 2 is 1.72 bits per heavy atom. The van der Waals surface area contributed by atoms with Crippen LogP contribution in [0.25, 0.3) is 34.0 Å². The third kappa shape index (κ3) is 6.19. The molecule has 39 heavy (non-hydrogen) atoms. The van der Waals surface area contributed by atoms with Crippen molar-refractivity contribution in [3.8, 4) is 22.4 Å². The van der Waals surface area contributed by atoms with Crippen molar-refractivity contribution in [1.82, 2.24) is 19.6 Å². The summed E-state index contributed by atoms with van der Waals surface area (Å²) in [6.45, 7) is 5.20. The van der Waals surface area contributed by atoms with Gasteiger partial charge in [0.15, 0.2) is 0 Å². The van der Waals surface area contributed by atoms with E-state index in [0.717, 1.165) is 53.0 Å². The van der Waals surface area contributed by atoms with Gasteiger partial charge in [-0.3, -0.25) is 4.98 Å². The van der Waals surface area contributed by atoms with E-state index in [2.05, 4.69) is 25.7 Å². The summed E-state index contributed by atoms with van der Waals surface area (Å²) in [5, 5.41) is 0. The van der Waals surface area contributed by atoms with Gasteiger partial charge in [-0.1, -0.05) is 18.2 Å². The van der Waals surface area contributed by atoms with Gasteiger partial charge in [-0.2, -0.15) is 0 Å². The molecular weight excluding hydrogens is 511 g/mol. The summed E-state index contributed by atoms with van der Waals surface area (Å²) in [6.07, 6.45) is 12.8. The number of nitrogens with zero attached hydrogens (tertiary/aromatic N) is 2. The third-order valence-corrected chi connectivity index (χ3v) is 8.30. The number of hydrogen-bond donors (Lipinski definition) is 2. The molecule has 8 heteroatoms. The molecule has 0 unspecified atom stereocenters. The molecule has 4 aromatic rings. The van der Waals surface area contributed by atoms with E-state index in [9.17, 15) is 12.8 Å². The van der Waals surface area contributed by atoms with Crippen LogP contribution in [0.4, 0.5) is 4.39 Å². The highest BCUT2D eigenvalue weighted by Gasteiger charge is 2.20. The highest BCUT2D eigenvalue weighted by Crippen LogP contribution is 2.39. The Bertz CT molecular complexity index is 1590. The molecule has 5 rings (SSSR count). The molecule has 2 aromatic carbocycles. The SMILES string of the molecule is CC(C)NS(=O)(=O)c1ccc(C=CN2CC=C(c3c[nH]c(-c4ccc(F)cc4)c3-c3ccncc3)CC2)cc1. The molecule has 2 N–H and O–H groups in total. The van der Waals surface area contributed by atoms with Crippen molar-refractivity contribution in [2.24, 2.45) is 0 Å². The lowest BCUT2D eigenvalue weighted by molar-refractivity contribution is 0.416. The summed E-state index contributed by atoms with van der Waals surface area (Å²) in [6, 6.07) is 17.3. The van der Waals surface area contributed by atoms with Gasteiger partial charge in [-0.25, -0.2) is 17.5 Å². The lowest BCUT2D eigenvalue weighted by Gasteiger charge is -2.25. The van der Waals surface area contributed by atoms with Crippen molar-refractivity contribution < 1.29 is 12.8 Å². The summed E-state index contributed by atoms with van der Waals surface area (Å²) in [5.41, 5.74) is 7.34. The summed E-state index contributed by atoms with van der Waals surface area (Å²) in [5.74, 6) is -0.261. The third-order valence-electron chi connectivity index (χ3n) is 6.63. The molecule has 200 valence electrons. The fraction of sp³-hybridized carbons (Fsp3) is 0.194. The summed E-state index contributed by atoms with van der Waals surface area (Å²) in [7, 11) is -3.50. The van der Waals surface area contributed by atoms with E-state index in [0.29, 0.717) is 0 Å². The van der Waals surface area contributed by atoms with Gasteiger partial charge in [0.1, 0.15) is 5.82 Å². The van der Waals surface area contributed by atoms with Gasteiger partial charge in [0.2, 0.25) is 10.0 Å². The summed E-state index contributed by atoms with van der Waals surface area (Å²) < 4.78 is 40.9. The summed E-state index contributed by atoms with van der Waals surface area (Å²) >= 11 is 0. The first-order valence-electron chi connectivity index (χ1n) is 12.9. The lowest BCUT2D eigenvalue weighted by Crippen LogP contribution is -2.30. The van der Waals surface area contributed by atoms with Crippen LogP contribution in [-0.4, -0.2) is 42.4 Å². The number of rotatable bonds is 8. The van der Waals surface area contributed by atoms with Gasteiger partial charge in [0, 0.05) is 48.8 Å². The van der Waals surface area contributed by atoms with Crippen LogP contribution in [0.15, 0.2) is 96.4 Å². The Balaban J connectivity index is 1.34. The fourth-order valence-electron chi connectivity index (χ4n) is 4.73.